The molecule has 0 bridgehead atoms. The summed E-state index contributed by atoms with van der Waals surface area (Å²) in [6.45, 7) is 2.02. The monoisotopic (exact) mass is 396 g/mol. The van der Waals surface area contributed by atoms with Gasteiger partial charge < -0.3 is 0 Å². The van der Waals surface area contributed by atoms with Crippen molar-refractivity contribution in [1.82, 2.24) is 0 Å². The topological polar surface area (TPSA) is 0 Å². The Morgan fingerprint density at radius 3 is 2.65 bits per heavy atom. The van der Waals surface area contributed by atoms with Gasteiger partial charge in [0.1, 0.15) is 5.82 Å². The second kappa shape index (κ2) is 5.39. The van der Waals surface area contributed by atoms with Crippen LogP contribution in [0.5, 0.6) is 0 Å². The highest BCUT2D eigenvalue weighted by Gasteiger charge is 2.19. The summed E-state index contributed by atoms with van der Waals surface area (Å²) < 4.78 is 14.7. The Labute approximate surface area is 125 Å². The summed E-state index contributed by atoms with van der Waals surface area (Å²) in [6, 6.07) is 6.61. The van der Waals surface area contributed by atoms with Gasteiger partial charge in [-0.15, -0.1) is 11.3 Å². The summed E-state index contributed by atoms with van der Waals surface area (Å²) in [5, 5.41) is 0.537. The number of rotatable bonds is 2. The maximum Gasteiger partial charge on any atom is 0.128 e. The molecule has 0 spiro atoms. The maximum absolute atomic E-state index is 13.7. The largest absolute Gasteiger partial charge is 0.207 e. The van der Waals surface area contributed by atoms with Crippen molar-refractivity contribution < 1.29 is 4.39 Å². The molecule has 1 atom stereocenters. The number of hydrogen-bond acceptors (Lipinski definition) is 1. The Balaban J connectivity index is 2.46. The van der Waals surface area contributed by atoms with Gasteiger partial charge in [0.2, 0.25) is 0 Å². The highest BCUT2D eigenvalue weighted by molar-refractivity contribution is 9.11. The molecule has 5 heteroatoms. The van der Waals surface area contributed by atoms with Crippen molar-refractivity contribution in [2.45, 2.75) is 11.8 Å². The van der Waals surface area contributed by atoms with Gasteiger partial charge in [0.15, 0.2) is 0 Å². The molecule has 0 radical (unpaired) electrons. The molecule has 1 unspecified atom stereocenters. The fraction of sp³-hybridized carbons (Fsp3) is 0.167. The zero-order valence-electron chi connectivity index (χ0n) is 8.81. The van der Waals surface area contributed by atoms with E-state index >= 15 is 0 Å². The van der Waals surface area contributed by atoms with E-state index in [-0.39, 0.29) is 10.6 Å². The Kier molecular flexibility index (Phi) is 4.29. The van der Waals surface area contributed by atoms with E-state index in [9.17, 15) is 4.39 Å². The molecule has 2 aromatic rings. The summed E-state index contributed by atoms with van der Waals surface area (Å²) in [5.74, 6) is -0.255. The average molecular weight is 399 g/mol. The smallest absolute Gasteiger partial charge is 0.128 e. The van der Waals surface area contributed by atoms with Gasteiger partial charge in [0, 0.05) is 24.8 Å². The van der Waals surface area contributed by atoms with Gasteiger partial charge in [-0.05, 0) is 47.1 Å². The van der Waals surface area contributed by atoms with Crippen LogP contribution in [0.1, 0.15) is 20.1 Å². The molecule has 1 aromatic heterocycles. The van der Waals surface area contributed by atoms with Crippen molar-refractivity contribution >= 4 is 54.8 Å². The Bertz CT molecular complexity index is 553. The normalized spacial score (nSPS) is 12.8. The number of hydrogen-bond donors (Lipinski definition) is 0. The molecule has 0 nitrogen and oxygen atoms in total. The number of benzene rings is 1. The fourth-order valence-corrected chi connectivity index (χ4v) is 4.77. The lowest BCUT2D eigenvalue weighted by atomic mass is 10.1. The second-order valence-electron chi connectivity index (χ2n) is 3.60. The highest BCUT2D eigenvalue weighted by Crippen LogP contribution is 2.41. The summed E-state index contributed by atoms with van der Waals surface area (Å²) in [7, 11) is 0. The van der Waals surface area contributed by atoms with Crippen LogP contribution in [0.15, 0.2) is 28.7 Å². The Morgan fingerprint density at radius 1 is 1.35 bits per heavy atom. The molecule has 0 aliphatic rings. The molecule has 0 saturated heterocycles. The summed E-state index contributed by atoms with van der Waals surface area (Å²) in [5.41, 5.74) is 0.556. The van der Waals surface area contributed by atoms with Crippen LogP contribution < -0.4 is 0 Å². The Morgan fingerprint density at radius 2 is 2.06 bits per heavy atom. The van der Waals surface area contributed by atoms with Crippen molar-refractivity contribution in [2.24, 2.45) is 0 Å². The molecule has 2 rings (SSSR count). The minimum Gasteiger partial charge on any atom is -0.207 e. The number of aryl methyl sites for hydroxylation is 1. The van der Waals surface area contributed by atoms with Crippen LogP contribution in [-0.4, -0.2) is 0 Å². The predicted octanol–water partition coefficient (Wildman–Crippen LogP) is 6.10. The first-order chi connectivity index (χ1) is 7.99. The van der Waals surface area contributed by atoms with Crippen molar-refractivity contribution in [2.75, 3.05) is 0 Å². The first kappa shape index (κ1) is 13.5. The van der Waals surface area contributed by atoms with Gasteiger partial charge in [0.05, 0.1) is 4.83 Å². The minimum atomic E-state index is -0.255. The van der Waals surface area contributed by atoms with Crippen molar-refractivity contribution in [3.05, 3.63) is 54.9 Å². The molecule has 0 fully saturated rings. The maximum atomic E-state index is 13.7. The SMILES string of the molecule is Cc1cc(Br)c(C(Br)c2cc(Cl)ccc2F)s1. The average Bonchev–Trinajstić information content (AvgIpc) is 2.60. The first-order valence-electron chi connectivity index (χ1n) is 4.84. The lowest BCUT2D eigenvalue weighted by Crippen LogP contribution is -1.95. The first-order valence-corrected chi connectivity index (χ1v) is 7.74. The van der Waals surface area contributed by atoms with Gasteiger partial charge in [0.25, 0.3) is 0 Å². The molecular formula is C12H8Br2ClFS. The number of alkyl halides is 1. The standard InChI is InChI=1S/C12H8Br2ClFS/c1-6-4-9(13)12(17-6)11(14)8-5-7(15)2-3-10(8)16/h2-5,11H,1H3. The molecule has 1 heterocycles. The van der Waals surface area contributed by atoms with Crippen molar-refractivity contribution in [3.63, 3.8) is 0 Å². The zero-order valence-corrected chi connectivity index (χ0v) is 13.6. The van der Waals surface area contributed by atoms with Crippen LogP contribution in [-0.2, 0) is 0 Å². The van der Waals surface area contributed by atoms with E-state index in [0.29, 0.717) is 10.6 Å². The molecule has 0 saturated carbocycles. The van der Waals surface area contributed by atoms with E-state index in [1.807, 2.05) is 13.0 Å². The molecule has 0 amide bonds. The summed E-state index contributed by atoms with van der Waals surface area (Å²) in [4.78, 5) is 2.04. The number of halogens is 4. The second-order valence-corrected chi connectivity index (χ2v) is 7.09. The van der Waals surface area contributed by atoms with E-state index in [4.69, 9.17) is 11.6 Å². The van der Waals surface area contributed by atoms with E-state index in [0.717, 1.165) is 9.35 Å². The van der Waals surface area contributed by atoms with Gasteiger partial charge in [-0.1, -0.05) is 27.5 Å². The third-order valence-electron chi connectivity index (χ3n) is 2.30. The lowest BCUT2D eigenvalue weighted by molar-refractivity contribution is 0.614. The quantitative estimate of drug-likeness (QED) is 0.537. The molecule has 1 aromatic carbocycles. The van der Waals surface area contributed by atoms with Crippen molar-refractivity contribution in [1.29, 1.82) is 0 Å². The van der Waals surface area contributed by atoms with E-state index in [2.05, 4.69) is 31.9 Å². The van der Waals surface area contributed by atoms with Crippen LogP contribution in [0.3, 0.4) is 0 Å². The van der Waals surface area contributed by atoms with E-state index in [1.54, 1.807) is 23.5 Å². The van der Waals surface area contributed by atoms with Gasteiger partial charge in [-0.25, -0.2) is 4.39 Å². The summed E-state index contributed by atoms with van der Waals surface area (Å²) in [6.07, 6.45) is 0. The number of thiophene rings is 1. The van der Waals surface area contributed by atoms with E-state index < -0.39 is 0 Å². The van der Waals surface area contributed by atoms with Gasteiger partial charge in [-0.2, -0.15) is 0 Å². The third kappa shape index (κ3) is 2.92. The minimum absolute atomic E-state index is 0.186. The lowest BCUT2D eigenvalue weighted by Gasteiger charge is -2.10. The van der Waals surface area contributed by atoms with Gasteiger partial charge >= 0.3 is 0 Å². The van der Waals surface area contributed by atoms with Crippen LogP contribution in [0, 0.1) is 12.7 Å². The molecule has 0 aliphatic carbocycles. The third-order valence-corrected chi connectivity index (χ3v) is 5.82. The summed E-state index contributed by atoms with van der Waals surface area (Å²) >= 11 is 14.5. The predicted molar refractivity (Wildman–Crippen MR) is 78.9 cm³/mol. The zero-order chi connectivity index (χ0) is 12.6. The fourth-order valence-electron chi connectivity index (χ4n) is 1.52. The van der Waals surface area contributed by atoms with Crippen LogP contribution >= 0.6 is 54.8 Å². The molecular weight excluding hydrogens is 390 g/mol. The molecule has 0 N–H and O–H groups in total. The molecule has 90 valence electrons. The molecule has 17 heavy (non-hydrogen) atoms. The molecule has 0 aliphatic heterocycles. The van der Waals surface area contributed by atoms with Crippen LogP contribution in [0.2, 0.25) is 5.02 Å². The van der Waals surface area contributed by atoms with Crippen molar-refractivity contribution in [3.8, 4) is 0 Å². The van der Waals surface area contributed by atoms with Crippen LogP contribution in [0.4, 0.5) is 4.39 Å². The van der Waals surface area contributed by atoms with E-state index in [1.165, 1.54) is 10.9 Å². The van der Waals surface area contributed by atoms with Gasteiger partial charge in [-0.3, -0.25) is 0 Å². The highest BCUT2D eigenvalue weighted by atomic mass is 79.9. The van der Waals surface area contributed by atoms with Crippen LogP contribution in [0.25, 0.3) is 0 Å². The Hall–Kier alpha value is 0.1000.